The summed E-state index contributed by atoms with van der Waals surface area (Å²) < 4.78 is 6.02. The molecule has 4 fully saturated rings. The number of imide groups is 2. The molecule has 1 aromatic heterocycles. The summed E-state index contributed by atoms with van der Waals surface area (Å²) in [6.45, 7) is 1.13. The van der Waals surface area contributed by atoms with Crippen LogP contribution in [0.1, 0.15) is 52.8 Å². The van der Waals surface area contributed by atoms with Crippen LogP contribution in [0.25, 0.3) is 11.3 Å². The van der Waals surface area contributed by atoms with Crippen molar-refractivity contribution in [3.8, 4) is 22.8 Å². The smallest absolute Gasteiger partial charge is 0.262 e. The molecule has 14 nitrogen and oxygen atoms in total. The van der Waals surface area contributed by atoms with Crippen LogP contribution in [-0.2, 0) is 14.4 Å². The lowest BCUT2D eigenvalue weighted by Crippen LogP contribution is -2.69. The fourth-order valence-corrected chi connectivity index (χ4v) is 7.10. The van der Waals surface area contributed by atoms with Crippen LogP contribution in [0.3, 0.4) is 0 Å². The molecule has 3 aliphatic carbocycles. The number of nitrogen functional groups attached to an aromatic ring is 1. The lowest BCUT2D eigenvalue weighted by molar-refractivity contribution is -0.217. The van der Waals surface area contributed by atoms with E-state index in [9.17, 15) is 29.1 Å². The Morgan fingerprint density at radius 2 is 1.76 bits per heavy atom. The normalized spacial score (nSPS) is 24.4. The highest BCUT2D eigenvalue weighted by atomic mass is 16.5. The van der Waals surface area contributed by atoms with Crippen LogP contribution >= 0.6 is 0 Å². The zero-order chi connectivity index (χ0) is 32.2. The largest absolute Gasteiger partial charge is 0.507 e. The summed E-state index contributed by atoms with van der Waals surface area (Å²) in [7, 11) is 0. The van der Waals surface area contributed by atoms with E-state index in [0.29, 0.717) is 61.7 Å². The van der Waals surface area contributed by atoms with Gasteiger partial charge < -0.3 is 26.2 Å². The number of aromatic nitrogens is 2. The van der Waals surface area contributed by atoms with Gasteiger partial charge in [0.05, 0.1) is 23.1 Å². The summed E-state index contributed by atoms with van der Waals surface area (Å²) in [4.78, 5) is 63.6. The number of fused-ring (bicyclic) bond motifs is 1. The molecule has 46 heavy (non-hydrogen) atoms. The predicted octanol–water partition coefficient (Wildman–Crippen LogP) is 1.61. The number of nitrogens with zero attached hydrogens (tertiary/aromatic N) is 3. The first-order valence-corrected chi connectivity index (χ1v) is 15.0. The van der Waals surface area contributed by atoms with Gasteiger partial charge in [0.1, 0.15) is 17.5 Å². The lowest BCUT2D eigenvalue weighted by atomic mass is 9.35. The first-order valence-electron chi connectivity index (χ1n) is 15.0. The number of amides is 5. The Labute approximate surface area is 262 Å². The van der Waals surface area contributed by atoms with Gasteiger partial charge in [0.15, 0.2) is 11.6 Å². The summed E-state index contributed by atoms with van der Waals surface area (Å²) in [5.74, 6) is -1.63. The van der Waals surface area contributed by atoms with Gasteiger partial charge in [-0.1, -0.05) is 12.1 Å². The zero-order valence-corrected chi connectivity index (χ0v) is 24.7. The number of carbonyl (C=O) groups is 5. The summed E-state index contributed by atoms with van der Waals surface area (Å²) in [5.41, 5.74) is 7.42. The number of para-hydroxylation sites is 1. The van der Waals surface area contributed by atoms with Gasteiger partial charge >= 0.3 is 0 Å². The Hall–Kier alpha value is -5.53. The molecule has 0 spiro atoms. The van der Waals surface area contributed by atoms with E-state index in [1.54, 1.807) is 42.5 Å². The summed E-state index contributed by atoms with van der Waals surface area (Å²) in [6, 6.07) is 12.2. The van der Waals surface area contributed by atoms with Crippen LogP contribution in [0, 0.1) is 10.8 Å². The van der Waals surface area contributed by atoms with E-state index in [1.807, 2.05) is 0 Å². The minimum absolute atomic E-state index is 0.0160. The van der Waals surface area contributed by atoms with Crippen molar-refractivity contribution >= 4 is 41.0 Å². The average molecular weight is 626 g/mol. The minimum atomic E-state index is -1.02. The van der Waals surface area contributed by atoms with Crippen LogP contribution in [-0.4, -0.2) is 75.5 Å². The van der Waals surface area contributed by atoms with Crippen molar-refractivity contribution in [1.82, 2.24) is 25.7 Å². The van der Waals surface area contributed by atoms with Crippen molar-refractivity contribution in [3.05, 3.63) is 59.7 Å². The molecule has 1 atom stereocenters. The molecule has 8 rings (SSSR count). The van der Waals surface area contributed by atoms with Gasteiger partial charge in [0.25, 0.3) is 11.8 Å². The summed E-state index contributed by atoms with van der Waals surface area (Å²) in [6.07, 6.45) is 2.26. The third-order valence-electron chi connectivity index (χ3n) is 9.30. The summed E-state index contributed by atoms with van der Waals surface area (Å²) >= 11 is 0. The van der Waals surface area contributed by atoms with Crippen LogP contribution in [0.5, 0.6) is 11.5 Å². The molecule has 3 heterocycles. The highest BCUT2D eigenvalue weighted by Gasteiger charge is 2.71. The molecule has 5 aliphatic rings. The number of carbonyl (C=O) groups excluding carboxylic acids is 5. The third-order valence-corrected chi connectivity index (χ3v) is 9.30. The zero-order valence-electron chi connectivity index (χ0n) is 24.7. The quantitative estimate of drug-likeness (QED) is 0.162. The van der Waals surface area contributed by atoms with E-state index >= 15 is 0 Å². The molecular formula is C32H31N7O7. The molecule has 1 unspecified atom stereocenters. The maximum atomic E-state index is 13.0. The first kappa shape index (κ1) is 29.2. The topological polar surface area (TPSA) is 206 Å². The Morgan fingerprint density at radius 1 is 1.00 bits per heavy atom. The van der Waals surface area contributed by atoms with Crippen molar-refractivity contribution in [2.45, 2.75) is 38.1 Å². The van der Waals surface area contributed by atoms with Crippen LogP contribution in [0.2, 0.25) is 0 Å². The van der Waals surface area contributed by atoms with E-state index in [0.717, 1.165) is 4.90 Å². The van der Waals surface area contributed by atoms with E-state index in [4.69, 9.17) is 10.5 Å². The molecule has 6 N–H and O–H groups in total. The van der Waals surface area contributed by atoms with Gasteiger partial charge in [-0.3, -0.25) is 34.2 Å². The van der Waals surface area contributed by atoms with Crippen molar-refractivity contribution in [3.63, 3.8) is 0 Å². The number of rotatable bonds is 10. The average Bonchev–Trinajstić information content (AvgIpc) is 3.24. The van der Waals surface area contributed by atoms with E-state index in [1.165, 1.54) is 6.07 Å². The maximum Gasteiger partial charge on any atom is 0.262 e. The second-order valence-corrected chi connectivity index (χ2v) is 12.5. The van der Waals surface area contributed by atoms with Crippen LogP contribution in [0.4, 0.5) is 11.5 Å². The van der Waals surface area contributed by atoms with Gasteiger partial charge in [-0.15, -0.1) is 10.2 Å². The van der Waals surface area contributed by atoms with Crippen LogP contribution in [0.15, 0.2) is 48.5 Å². The predicted molar refractivity (Wildman–Crippen MR) is 162 cm³/mol. The number of phenols is 1. The molecule has 0 radical (unpaired) electrons. The Balaban J connectivity index is 0.877. The number of benzene rings is 2. The first-order chi connectivity index (χ1) is 22.1. The molecule has 236 valence electrons. The monoisotopic (exact) mass is 625 g/mol. The molecule has 2 bridgehead atoms. The van der Waals surface area contributed by atoms with Crippen molar-refractivity contribution in [2.75, 3.05) is 30.7 Å². The lowest BCUT2D eigenvalue weighted by Gasteiger charge is -2.68. The SMILES string of the molecule is Nc1nnc(-c2ccccc2O)cc1OCC12CC(C(=O)NCCNc3ccc4c(c3)C(=O)N(C3CCC(=O)NC3=O)C4=O)(C1)C2. The molecule has 3 aromatic rings. The summed E-state index contributed by atoms with van der Waals surface area (Å²) in [5, 5.41) is 26.5. The van der Waals surface area contributed by atoms with Gasteiger partial charge in [0.2, 0.25) is 17.7 Å². The number of ether oxygens (including phenoxy) is 1. The molecule has 5 amide bonds. The highest BCUT2D eigenvalue weighted by Crippen LogP contribution is 2.73. The highest BCUT2D eigenvalue weighted by molar-refractivity contribution is 6.23. The number of aromatic hydroxyl groups is 1. The van der Waals surface area contributed by atoms with Crippen molar-refractivity contribution in [2.24, 2.45) is 10.8 Å². The number of hydrogen-bond donors (Lipinski definition) is 5. The Bertz CT molecular complexity index is 1810. The van der Waals surface area contributed by atoms with Gasteiger partial charge in [-0.05, 0) is 56.0 Å². The fraction of sp³-hybridized carbons (Fsp3) is 0.344. The molecule has 1 saturated heterocycles. The van der Waals surface area contributed by atoms with Gasteiger partial charge in [-0.2, -0.15) is 0 Å². The Kier molecular flexibility index (Phi) is 6.87. The van der Waals surface area contributed by atoms with Gasteiger partial charge in [-0.25, -0.2) is 0 Å². The second-order valence-electron chi connectivity index (χ2n) is 12.5. The van der Waals surface area contributed by atoms with E-state index in [-0.39, 0.29) is 46.9 Å². The van der Waals surface area contributed by atoms with Crippen molar-refractivity contribution < 1.29 is 33.8 Å². The fourth-order valence-electron chi connectivity index (χ4n) is 7.10. The maximum absolute atomic E-state index is 13.0. The number of hydrogen-bond acceptors (Lipinski definition) is 11. The number of piperidine rings is 1. The minimum Gasteiger partial charge on any atom is -0.507 e. The number of nitrogens with one attached hydrogen (secondary N) is 3. The molecular weight excluding hydrogens is 594 g/mol. The number of anilines is 2. The number of nitrogens with two attached hydrogens (primary N) is 1. The standard InChI is InChI=1S/C32H31N7O7/c33-26-24(12-21(37-38-26)19-3-1-2-4-23(19)40)46-16-31-13-32(14-31,15-31)30(45)35-10-9-34-17-5-6-18-20(11-17)29(44)39(28(18)43)22-7-8-25(41)36-27(22)42/h1-6,11-12,22,34,40H,7-10,13-16H2,(H2,33,38)(H,35,45)(H,36,41,42). The molecule has 2 aliphatic heterocycles. The Morgan fingerprint density at radius 3 is 2.52 bits per heavy atom. The van der Waals surface area contributed by atoms with Crippen molar-refractivity contribution in [1.29, 1.82) is 0 Å². The van der Waals surface area contributed by atoms with E-state index in [2.05, 4.69) is 26.1 Å². The molecule has 2 aromatic carbocycles. The molecule has 3 saturated carbocycles. The van der Waals surface area contributed by atoms with Gasteiger partial charge in [0, 0.05) is 42.2 Å². The second kappa shape index (κ2) is 10.8. The third kappa shape index (κ3) is 4.86. The molecule has 14 heteroatoms. The van der Waals surface area contributed by atoms with Crippen LogP contribution < -0.4 is 26.4 Å². The van der Waals surface area contributed by atoms with E-state index < -0.39 is 35.1 Å². The number of phenolic OH excluding ortho intramolecular Hbond substituents is 1.